The van der Waals surface area contributed by atoms with Crippen LogP contribution in [0.1, 0.15) is 17.4 Å². The zero-order valence-electron chi connectivity index (χ0n) is 15.6. The van der Waals surface area contributed by atoms with E-state index in [4.69, 9.17) is 47.0 Å². The van der Waals surface area contributed by atoms with Crippen LogP contribution in [0.2, 0.25) is 15.1 Å². The molecular formula is C21H19Cl3N4OS. The van der Waals surface area contributed by atoms with E-state index in [2.05, 4.69) is 21.5 Å². The molecule has 3 aromatic carbocycles. The Kier molecular flexibility index (Phi) is 8.16. The molecule has 3 aromatic rings. The highest BCUT2D eigenvalue weighted by atomic mass is 35.5. The van der Waals surface area contributed by atoms with Gasteiger partial charge in [-0.3, -0.25) is 5.43 Å². The molecule has 3 rings (SSSR count). The van der Waals surface area contributed by atoms with Crippen LogP contribution in [0.25, 0.3) is 0 Å². The summed E-state index contributed by atoms with van der Waals surface area (Å²) in [5.74, 6) is 0. The van der Waals surface area contributed by atoms with Crippen LogP contribution in [-0.4, -0.2) is 10.2 Å². The predicted molar refractivity (Wildman–Crippen MR) is 129 cm³/mol. The van der Waals surface area contributed by atoms with Gasteiger partial charge in [0.25, 0.3) is 0 Å². The maximum absolute atomic E-state index is 10.4. The Morgan fingerprint density at radius 2 is 1.67 bits per heavy atom. The molecule has 5 nitrogen and oxygen atoms in total. The van der Waals surface area contributed by atoms with E-state index in [1.807, 2.05) is 30.3 Å². The number of aliphatic hydroxyl groups excluding tert-OH is 1. The highest BCUT2D eigenvalue weighted by Crippen LogP contribution is 2.29. The van der Waals surface area contributed by atoms with Crippen LogP contribution < -0.4 is 21.5 Å². The van der Waals surface area contributed by atoms with Crippen molar-refractivity contribution in [3.63, 3.8) is 0 Å². The molecule has 0 aliphatic rings. The van der Waals surface area contributed by atoms with Gasteiger partial charge in [0.15, 0.2) is 11.3 Å². The van der Waals surface area contributed by atoms with Crippen molar-refractivity contribution >= 4 is 63.5 Å². The molecular weight excluding hydrogens is 463 g/mol. The van der Waals surface area contributed by atoms with Crippen molar-refractivity contribution in [3.8, 4) is 0 Å². The molecule has 0 aromatic heterocycles. The van der Waals surface area contributed by atoms with E-state index in [1.165, 1.54) is 0 Å². The Morgan fingerprint density at radius 1 is 0.933 bits per heavy atom. The van der Waals surface area contributed by atoms with E-state index in [9.17, 15) is 5.11 Å². The summed E-state index contributed by atoms with van der Waals surface area (Å²) in [6.07, 6.45) is -0.949. The summed E-state index contributed by atoms with van der Waals surface area (Å²) < 4.78 is 0. The van der Waals surface area contributed by atoms with Crippen LogP contribution in [0.4, 0.5) is 11.4 Å². The summed E-state index contributed by atoms with van der Waals surface area (Å²) in [4.78, 5) is 0. The molecule has 30 heavy (non-hydrogen) atoms. The van der Waals surface area contributed by atoms with Crippen LogP contribution in [0.3, 0.4) is 0 Å². The lowest BCUT2D eigenvalue weighted by Gasteiger charge is -2.18. The Morgan fingerprint density at radius 3 is 2.43 bits per heavy atom. The molecule has 0 amide bonds. The zero-order valence-corrected chi connectivity index (χ0v) is 18.7. The van der Waals surface area contributed by atoms with Crippen molar-refractivity contribution in [2.75, 3.05) is 10.6 Å². The van der Waals surface area contributed by atoms with Gasteiger partial charge in [0.2, 0.25) is 0 Å². The van der Waals surface area contributed by atoms with Gasteiger partial charge in [-0.15, -0.1) is 0 Å². The molecule has 1 unspecified atom stereocenters. The second-order valence-electron chi connectivity index (χ2n) is 6.29. The van der Waals surface area contributed by atoms with E-state index < -0.39 is 6.23 Å². The lowest BCUT2D eigenvalue weighted by Crippen LogP contribution is -2.39. The number of nitrogens with one attached hydrogen (secondary N) is 4. The summed E-state index contributed by atoms with van der Waals surface area (Å²) in [6, 6.07) is 19.8. The maximum atomic E-state index is 10.4. The van der Waals surface area contributed by atoms with Crippen molar-refractivity contribution in [2.45, 2.75) is 12.8 Å². The first-order valence-electron chi connectivity index (χ1n) is 8.96. The second-order valence-corrected chi connectivity index (χ2v) is 7.92. The number of rotatable bonds is 7. The standard InChI is InChI=1S/C21H19Cl3N4OS/c22-15-7-3-5-13(11-15)20(29)26-18-10-4-6-14(19(18)24)12-25-28-21(30)27-17-9-2-1-8-16(17)23/h1-11,20,25-26,29H,12H2,(H2,27,28,30). The minimum atomic E-state index is -0.949. The van der Waals surface area contributed by atoms with Crippen LogP contribution in [0, 0.1) is 0 Å². The SMILES string of the molecule is OC(Nc1cccc(CNNC(=S)Nc2ccccc2Cl)c1Cl)c1cccc(Cl)c1. The molecule has 5 N–H and O–H groups in total. The van der Waals surface area contributed by atoms with E-state index in [0.29, 0.717) is 43.7 Å². The normalized spacial score (nSPS) is 11.6. The number of hydrazine groups is 1. The monoisotopic (exact) mass is 480 g/mol. The third-order valence-corrected chi connectivity index (χ3v) is 5.35. The average Bonchev–Trinajstić information content (AvgIpc) is 2.72. The fraction of sp³-hybridized carbons (Fsp3) is 0.0952. The van der Waals surface area contributed by atoms with Gasteiger partial charge in [0, 0.05) is 17.1 Å². The minimum absolute atomic E-state index is 0.366. The second kappa shape index (κ2) is 10.8. The topological polar surface area (TPSA) is 68.3 Å². The third kappa shape index (κ3) is 6.22. The smallest absolute Gasteiger partial charge is 0.185 e. The highest BCUT2D eigenvalue weighted by Gasteiger charge is 2.12. The number of aliphatic hydroxyl groups is 1. The van der Waals surface area contributed by atoms with E-state index >= 15 is 0 Å². The first-order chi connectivity index (χ1) is 14.4. The van der Waals surface area contributed by atoms with Gasteiger partial charge in [0.05, 0.1) is 21.4 Å². The Balaban J connectivity index is 1.57. The number of benzene rings is 3. The molecule has 0 bridgehead atoms. The lowest BCUT2D eigenvalue weighted by molar-refractivity contribution is 0.208. The summed E-state index contributed by atoms with van der Waals surface area (Å²) in [6.45, 7) is 0.395. The van der Waals surface area contributed by atoms with Gasteiger partial charge < -0.3 is 15.7 Å². The number of thiocarbonyl (C=S) groups is 1. The van der Waals surface area contributed by atoms with Gasteiger partial charge in [-0.05, 0) is 48.1 Å². The highest BCUT2D eigenvalue weighted by molar-refractivity contribution is 7.80. The van der Waals surface area contributed by atoms with Gasteiger partial charge in [-0.1, -0.05) is 71.2 Å². The minimum Gasteiger partial charge on any atom is -0.369 e. The fourth-order valence-electron chi connectivity index (χ4n) is 2.67. The number of hydrogen-bond donors (Lipinski definition) is 5. The molecule has 0 spiro atoms. The molecule has 0 saturated heterocycles. The van der Waals surface area contributed by atoms with Crippen LogP contribution in [-0.2, 0) is 6.54 Å². The quantitative estimate of drug-likeness (QED) is 0.168. The van der Waals surface area contributed by atoms with Gasteiger partial charge >= 0.3 is 0 Å². The van der Waals surface area contributed by atoms with Crippen molar-refractivity contribution < 1.29 is 5.11 Å². The van der Waals surface area contributed by atoms with Crippen molar-refractivity contribution in [3.05, 3.63) is 92.9 Å². The zero-order chi connectivity index (χ0) is 21.5. The van der Waals surface area contributed by atoms with Gasteiger partial charge in [-0.2, -0.15) is 0 Å². The molecule has 0 aliphatic heterocycles. The molecule has 0 aliphatic carbocycles. The molecule has 1 atom stereocenters. The first-order valence-corrected chi connectivity index (χ1v) is 10.5. The fourth-order valence-corrected chi connectivity index (χ4v) is 3.48. The molecule has 0 saturated carbocycles. The van der Waals surface area contributed by atoms with Crippen molar-refractivity contribution in [1.82, 2.24) is 10.9 Å². The Bertz CT molecular complexity index is 1030. The summed E-state index contributed by atoms with van der Waals surface area (Å²) in [7, 11) is 0. The summed E-state index contributed by atoms with van der Waals surface area (Å²) in [5, 5.41) is 18.4. The third-order valence-electron chi connectivity index (χ3n) is 4.14. The van der Waals surface area contributed by atoms with Crippen LogP contribution in [0.5, 0.6) is 0 Å². The first kappa shape index (κ1) is 22.6. The van der Waals surface area contributed by atoms with Crippen molar-refractivity contribution in [2.24, 2.45) is 0 Å². The van der Waals surface area contributed by atoms with Gasteiger partial charge in [-0.25, -0.2) is 5.43 Å². The predicted octanol–water partition coefficient (Wildman–Crippen LogP) is 5.74. The Labute approximate surface area is 195 Å². The number of halogens is 3. The van der Waals surface area contributed by atoms with E-state index in [1.54, 1.807) is 36.4 Å². The molecule has 0 radical (unpaired) electrons. The largest absolute Gasteiger partial charge is 0.369 e. The van der Waals surface area contributed by atoms with E-state index in [-0.39, 0.29) is 0 Å². The van der Waals surface area contributed by atoms with Gasteiger partial charge in [0.1, 0.15) is 0 Å². The number of hydrogen-bond acceptors (Lipinski definition) is 4. The summed E-state index contributed by atoms with van der Waals surface area (Å²) in [5.41, 5.74) is 8.66. The summed E-state index contributed by atoms with van der Waals surface area (Å²) >= 11 is 23.9. The molecule has 0 heterocycles. The number of anilines is 2. The average molecular weight is 482 g/mol. The number of para-hydroxylation sites is 1. The van der Waals surface area contributed by atoms with Crippen LogP contribution in [0.15, 0.2) is 66.7 Å². The maximum Gasteiger partial charge on any atom is 0.185 e. The van der Waals surface area contributed by atoms with E-state index in [0.717, 1.165) is 5.56 Å². The molecule has 9 heteroatoms. The lowest BCUT2D eigenvalue weighted by atomic mass is 10.1. The van der Waals surface area contributed by atoms with Crippen molar-refractivity contribution in [1.29, 1.82) is 0 Å². The molecule has 0 fully saturated rings. The van der Waals surface area contributed by atoms with Crippen LogP contribution >= 0.6 is 47.0 Å². The molecule has 156 valence electrons. The Hall–Kier alpha value is -2.06.